The quantitative estimate of drug-likeness (QED) is 0.762. The predicted molar refractivity (Wildman–Crippen MR) is 84.8 cm³/mol. The number of sulfonamides is 1. The van der Waals surface area contributed by atoms with Gasteiger partial charge in [-0.2, -0.15) is 0 Å². The van der Waals surface area contributed by atoms with Gasteiger partial charge in [-0.15, -0.1) is 0 Å². The number of benzene rings is 1. The van der Waals surface area contributed by atoms with Crippen LogP contribution in [0.25, 0.3) is 0 Å². The minimum atomic E-state index is -3.93. The summed E-state index contributed by atoms with van der Waals surface area (Å²) in [5.41, 5.74) is 0.588. The van der Waals surface area contributed by atoms with Gasteiger partial charge in [-0.05, 0) is 31.5 Å². The largest absolute Gasteiger partial charge is 0.452 e. The maximum absolute atomic E-state index is 12.1. The van der Waals surface area contributed by atoms with Crippen LogP contribution < -0.4 is 5.14 Å². The third-order valence-electron chi connectivity index (χ3n) is 3.68. The van der Waals surface area contributed by atoms with Crippen LogP contribution in [0.3, 0.4) is 0 Å². The molecule has 0 radical (unpaired) electrons. The number of amides is 1. The molecule has 1 aliphatic rings. The second-order valence-electron chi connectivity index (χ2n) is 5.62. The molecule has 1 aromatic rings. The molecule has 1 heterocycles. The Morgan fingerprint density at radius 3 is 2.75 bits per heavy atom. The third kappa shape index (κ3) is 4.53. The normalized spacial score (nSPS) is 18.3. The van der Waals surface area contributed by atoms with E-state index in [4.69, 9.17) is 14.6 Å². The van der Waals surface area contributed by atoms with Crippen molar-refractivity contribution in [2.45, 2.75) is 24.8 Å². The molecule has 1 amide bonds. The van der Waals surface area contributed by atoms with E-state index in [0.717, 1.165) is 6.07 Å². The Hall–Kier alpha value is -1.97. The second-order valence-corrected chi connectivity index (χ2v) is 7.18. The van der Waals surface area contributed by atoms with Crippen molar-refractivity contribution >= 4 is 21.9 Å². The van der Waals surface area contributed by atoms with Crippen LogP contribution in [0, 0.1) is 6.92 Å². The van der Waals surface area contributed by atoms with Gasteiger partial charge in [0.2, 0.25) is 10.0 Å². The minimum absolute atomic E-state index is 0.0599. The standard InChI is InChI=1S/C15H20N2O6S/c1-10-3-4-12(24(16,20)21)7-13(10)15(19)23-9-14(18)17-5-6-22-11(2)8-17/h3-4,7,11H,5-6,8-9H2,1-2H3,(H2,16,20,21). The maximum atomic E-state index is 12.1. The lowest BCUT2D eigenvalue weighted by Crippen LogP contribution is -2.46. The summed E-state index contributed by atoms with van der Waals surface area (Å²) in [4.78, 5) is 25.6. The fourth-order valence-electron chi connectivity index (χ4n) is 2.34. The van der Waals surface area contributed by atoms with Crippen LogP contribution in [0.2, 0.25) is 0 Å². The van der Waals surface area contributed by atoms with Crippen molar-refractivity contribution in [2.24, 2.45) is 5.14 Å². The molecule has 0 saturated carbocycles. The lowest BCUT2D eigenvalue weighted by atomic mass is 10.1. The highest BCUT2D eigenvalue weighted by Gasteiger charge is 2.23. The predicted octanol–water partition coefficient (Wildman–Crippen LogP) is 0.0465. The molecule has 24 heavy (non-hydrogen) atoms. The molecule has 1 aromatic carbocycles. The molecule has 2 N–H and O–H groups in total. The Morgan fingerprint density at radius 2 is 2.12 bits per heavy atom. The number of ether oxygens (including phenoxy) is 2. The summed E-state index contributed by atoms with van der Waals surface area (Å²) in [5, 5.41) is 5.06. The fourth-order valence-corrected chi connectivity index (χ4v) is 2.88. The molecule has 0 spiro atoms. The second kappa shape index (κ2) is 7.29. The van der Waals surface area contributed by atoms with Crippen LogP contribution in [0.1, 0.15) is 22.8 Å². The summed E-state index contributed by atoms with van der Waals surface area (Å²) in [6.07, 6.45) is -0.0629. The number of aryl methyl sites for hydroxylation is 1. The Morgan fingerprint density at radius 1 is 1.42 bits per heavy atom. The first-order chi connectivity index (χ1) is 11.2. The van der Waals surface area contributed by atoms with Gasteiger partial charge in [0.05, 0.1) is 23.2 Å². The molecular formula is C15H20N2O6S. The smallest absolute Gasteiger partial charge is 0.338 e. The summed E-state index contributed by atoms with van der Waals surface area (Å²) >= 11 is 0. The summed E-state index contributed by atoms with van der Waals surface area (Å²) in [5.74, 6) is -1.09. The van der Waals surface area contributed by atoms with Crippen molar-refractivity contribution in [2.75, 3.05) is 26.3 Å². The van der Waals surface area contributed by atoms with Crippen LogP contribution in [-0.2, 0) is 24.3 Å². The summed E-state index contributed by atoms with van der Waals surface area (Å²) in [6.45, 7) is 4.40. The summed E-state index contributed by atoms with van der Waals surface area (Å²) in [7, 11) is -3.93. The zero-order valence-corrected chi connectivity index (χ0v) is 14.3. The van der Waals surface area contributed by atoms with Gasteiger partial charge < -0.3 is 14.4 Å². The van der Waals surface area contributed by atoms with Crippen molar-refractivity contribution in [3.8, 4) is 0 Å². The molecule has 1 unspecified atom stereocenters. The molecule has 9 heteroatoms. The number of nitrogens with zero attached hydrogens (tertiary/aromatic N) is 1. The first-order valence-corrected chi connectivity index (χ1v) is 8.93. The Labute approximate surface area is 140 Å². The van der Waals surface area contributed by atoms with Crippen LogP contribution in [0.4, 0.5) is 0 Å². The molecule has 1 fully saturated rings. The monoisotopic (exact) mass is 356 g/mol. The van der Waals surface area contributed by atoms with E-state index in [9.17, 15) is 18.0 Å². The average molecular weight is 356 g/mol. The van der Waals surface area contributed by atoms with Crippen molar-refractivity contribution in [3.05, 3.63) is 29.3 Å². The van der Waals surface area contributed by atoms with Gasteiger partial charge in [0.1, 0.15) is 0 Å². The van der Waals surface area contributed by atoms with E-state index in [1.807, 2.05) is 6.92 Å². The van der Waals surface area contributed by atoms with Crippen molar-refractivity contribution in [1.29, 1.82) is 0 Å². The van der Waals surface area contributed by atoms with Gasteiger partial charge >= 0.3 is 5.97 Å². The first kappa shape index (κ1) is 18.4. The molecular weight excluding hydrogens is 336 g/mol. The molecule has 0 aliphatic carbocycles. The highest BCUT2D eigenvalue weighted by molar-refractivity contribution is 7.89. The number of esters is 1. The molecule has 2 rings (SSSR count). The number of hydrogen-bond donors (Lipinski definition) is 1. The highest BCUT2D eigenvalue weighted by atomic mass is 32.2. The number of carbonyl (C=O) groups excluding carboxylic acids is 2. The third-order valence-corrected chi connectivity index (χ3v) is 4.59. The van der Waals surface area contributed by atoms with Crippen LogP contribution in [0.5, 0.6) is 0 Å². The Kier molecular flexibility index (Phi) is 5.58. The van der Waals surface area contributed by atoms with E-state index in [1.165, 1.54) is 12.1 Å². The minimum Gasteiger partial charge on any atom is -0.452 e. The SMILES string of the molecule is Cc1ccc(S(N)(=O)=O)cc1C(=O)OCC(=O)N1CCOC(C)C1. The number of rotatable bonds is 4. The molecule has 1 aliphatic heterocycles. The lowest BCUT2D eigenvalue weighted by Gasteiger charge is -2.30. The number of nitrogens with two attached hydrogens (primary N) is 1. The van der Waals surface area contributed by atoms with Crippen LogP contribution in [0.15, 0.2) is 23.1 Å². The average Bonchev–Trinajstić information content (AvgIpc) is 2.51. The number of primary sulfonamides is 1. The Bertz CT molecular complexity index is 746. The first-order valence-electron chi connectivity index (χ1n) is 7.38. The van der Waals surface area contributed by atoms with E-state index in [-0.39, 0.29) is 22.5 Å². The van der Waals surface area contributed by atoms with E-state index in [0.29, 0.717) is 25.3 Å². The van der Waals surface area contributed by atoms with Gasteiger partial charge in [-0.3, -0.25) is 4.79 Å². The molecule has 0 aromatic heterocycles. The van der Waals surface area contributed by atoms with Crippen LogP contribution >= 0.6 is 0 Å². The summed E-state index contributed by atoms with van der Waals surface area (Å²) in [6, 6.07) is 3.91. The summed E-state index contributed by atoms with van der Waals surface area (Å²) < 4.78 is 33.1. The van der Waals surface area contributed by atoms with E-state index >= 15 is 0 Å². The van der Waals surface area contributed by atoms with Gasteiger partial charge in [0, 0.05) is 13.1 Å². The number of hydrogen-bond acceptors (Lipinski definition) is 6. The van der Waals surface area contributed by atoms with E-state index in [2.05, 4.69) is 0 Å². The zero-order valence-electron chi connectivity index (χ0n) is 13.5. The highest BCUT2D eigenvalue weighted by Crippen LogP contribution is 2.16. The van der Waals surface area contributed by atoms with Gasteiger partial charge in [0.25, 0.3) is 5.91 Å². The van der Waals surface area contributed by atoms with Gasteiger partial charge in [-0.25, -0.2) is 18.4 Å². The molecule has 8 nitrogen and oxygen atoms in total. The number of morpholine rings is 1. The maximum Gasteiger partial charge on any atom is 0.338 e. The number of carbonyl (C=O) groups is 2. The van der Waals surface area contributed by atoms with Crippen molar-refractivity contribution < 1.29 is 27.5 Å². The van der Waals surface area contributed by atoms with E-state index < -0.39 is 22.6 Å². The lowest BCUT2D eigenvalue weighted by molar-refractivity contribution is -0.141. The molecule has 1 saturated heterocycles. The van der Waals surface area contributed by atoms with E-state index in [1.54, 1.807) is 11.8 Å². The van der Waals surface area contributed by atoms with Crippen LogP contribution in [-0.4, -0.2) is 57.6 Å². The Balaban J connectivity index is 2.03. The molecule has 1 atom stereocenters. The fraction of sp³-hybridized carbons (Fsp3) is 0.467. The zero-order chi connectivity index (χ0) is 17.9. The molecule has 132 valence electrons. The molecule has 0 bridgehead atoms. The van der Waals surface area contributed by atoms with Gasteiger partial charge in [0.15, 0.2) is 6.61 Å². The van der Waals surface area contributed by atoms with Crippen molar-refractivity contribution in [1.82, 2.24) is 4.90 Å². The van der Waals surface area contributed by atoms with Gasteiger partial charge in [-0.1, -0.05) is 6.07 Å². The topological polar surface area (TPSA) is 116 Å². The van der Waals surface area contributed by atoms with Crippen molar-refractivity contribution in [3.63, 3.8) is 0 Å².